The fourth-order valence-corrected chi connectivity index (χ4v) is 1.93. The Bertz CT molecular complexity index is 663. The lowest BCUT2D eigenvalue weighted by Crippen LogP contribution is -2.23. The van der Waals surface area contributed by atoms with Gasteiger partial charge >= 0.3 is 5.97 Å². The highest BCUT2D eigenvalue weighted by atomic mass is 16.6. The molecule has 1 atom stereocenters. The Kier molecular flexibility index (Phi) is 4.70. The second-order valence-electron chi connectivity index (χ2n) is 4.81. The second kappa shape index (κ2) is 6.49. The Morgan fingerprint density at radius 2 is 2.24 bits per heavy atom. The van der Waals surface area contributed by atoms with E-state index in [0.717, 1.165) is 11.4 Å². The average molecular weight is 289 g/mol. The van der Waals surface area contributed by atoms with Gasteiger partial charge in [-0.3, -0.25) is 4.40 Å². The first kappa shape index (κ1) is 15.2. The topological polar surface area (TPSA) is 65.7 Å². The van der Waals surface area contributed by atoms with Crippen molar-refractivity contribution in [2.75, 3.05) is 6.61 Å². The van der Waals surface area contributed by atoms with Crippen LogP contribution in [0.25, 0.3) is 5.78 Å². The normalized spacial score (nSPS) is 12.3. The molecule has 0 N–H and O–H groups in total. The van der Waals surface area contributed by atoms with Gasteiger partial charge in [0.15, 0.2) is 6.10 Å². The number of aromatic nitrogens is 3. The SMILES string of the molecule is C=CCOC(C)C(=O)OCc1cn2c(C)cc(C)nc2n1. The van der Waals surface area contributed by atoms with Gasteiger partial charge in [-0.1, -0.05) is 6.08 Å². The number of ether oxygens (including phenoxy) is 2. The van der Waals surface area contributed by atoms with E-state index in [0.29, 0.717) is 18.1 Å². The van der Waals surface area contributed by atoms with Crippen LogP contribution in [0.4, 0.5) is 0 Å². The van der Waals surface area contributed by atoms with E-state index < -0.39 is 12.1 Å². The number of carbonyl (C=O) groups is 1. The van der Waals surface area contributed by atoms with E-state index in [4.69, 9.17) is 9.47 Å². The molecule has 2 heterocycles. The minimum atomic E-state index is -0.623. The zero-order valence-electron chi connectivity index (χ0n) is 12.5. The lowest BCUT2D eigenvalue weighted by Gasteiger charge is -2.10. The molecule has 0 fully saturated rings. The summed E-state index contributed by atoms with van der Waals surface area (Å²) in [5, 5.41) is 0. The molecule has 0 amide bonds. The van der Waals surface area contributed by atoms with Crippen molar-refractivity contribution in [1.82, 2.24) is 14.4 Å². The van der Waals surface area contributed by atoms with E-state index >= 15 is 0 Å². The van der Waals surface area contributed by atoms with Crippen LogP contribution in [0.15, 0.2) is 24.9 Å². The average Bonchev–Trinajstić information content (AvgIpc) is 2.85. The van der Waals surface area contributed by atoms with E-state index in [2.05, 4.69) is 16.5 Å². The number of carbonyl (C=O) groups excluding carboxylic acids is 1. The van der Waals surface area contributed by atoms with Gasteiger partial charge in [0.1, 0.15) is 6.61 Å². The Hall–Kier alpha value is -2.21. The van der Waals surface area contributed by atoms with Gasteiger partial charge in [-0.2, -0.15) is 0 Å². The minimum Gasteiger partial charge on any atom is -0.457 e. The largest absolute Gasteiger partial charge is 0.457 e. The summed E-state index contributed by atoms with van der Waals surface area (Å²) >= 11 is 0. The molecule has 0 aliphatic heterocycles. The number of hydrogen-bond acceptors (Lipinski definition) is 5. The van der Waals surface area contributed by atoms with E-state index in [1.807, 2.05) is 30.5 Å². The Balaban J connectivity index is 2.02. The summed E-state index contributed by atoms with van der Waals surface area (Å²) in [5.74, 6) is 0.185. The molecule has 0 bridgehead atoms. The van der Waals surface area contributed by atoms with Crippen molar-refractivity contribution < 1.29 is 14.3 Å². The third-order valence-electron chi connectivity index (χ3n) is 2.97. The zero-order valence-corrected chi connectivity index (χ0v) is 12.5. The van der Waals surface area contributed by atoms with Crippen molar-refractivity contribution in [1.29, 1.82) is 0 Å². The summed E-state index contributed by atoms with van der Waals surface area (Å²) in [6.07, 6.45) is 2.78. The molecule has 1 unspecified atom stereocenters. The lowest BCUT2D eigenvalue weighted by atomic mass is 10.3. The molecule has 0 spiro atoms. The lowest BCUT2D eigenvalue weighted by molar-refractivity contribution is -0.156. The number of fused-ring (bicyclic) bond motifs is 1. The van der Waals surface area contributed by atoms with Crippen LogP contribution < -0.4 is 0 Å². The summed E-state index contributed by atoms with van der Waals surface area (Å²) in [7, 11) is 0. The van der Waals surface area contributed by atoms with Crippen molar-refractivity contribution >= 4 is 11.7 Å². The van der Waals surface area contributed by atoms with Gasteiger partial charge in [0.25, 0.3) is 0 Å². The van der Waals surface area contributed by atoms with E-state index in [1.165, 1.54) is 0 Å². The monoisotopic (exact) mass is 289 g/mol. The molecule has 2 aromatic heterocycles. The third kappa shape index (κ3) is 3.66. The van der Waals surface area contributed by atoms with Gasteiger partial charge < -0.3 is 9.47 Å². The molecule has 2 rings (SSSR count). The van der Waals surface area contributed by atoms with Gasteiger partial charge in [0, 0.05) is 17.6 Å². The van der Waals surface area contributed by atoms with Crippen molar-refractivity contribution in [3.63, 3.8) is 0 Å². The van der Waals surface area contributed by atoms with Gasteiger partial charge in [-0.05, 0) is 26.8 Å². The van der Waals surface area contributed by atoms with E-state index in [-0.39, 0.29) is 6.61 Å². The fraction of sp³-hybridized carbons (Fsp3) is 0.400. The second-order valence-corrected chi connectivity index (χ2v) is 4.81. The third-order valence-corrected chi connectivity index (χ3v) is 2.97. The molecular weight excluding hydrogens is 270 g/mol. The maximum Gasteiger partial charge on any atom is 0.335 e. The predicted octanol–water partition coefficient (Wildman–Crippen LogP) is 1.98. The highest BCUT2D eigenvalue weighted by Crippen LogP contribution is 2.09. The molecule has 6 heteroatoms. The molecule has 0 aliphatic carbocycles. The molecule has 0 radical (unpaired) electrons. The maximum absolute atomic E-state index is 11.7. The number of hydrogen-bond donors (Lipinski definition) is 0. The molecule has 2 aromatic rings. The van der Waals surface area contributed by atoms with Crippen LogP contribution in [0.2, 0.25) is 0 Å². The minimum absolute atomic E-state index is 0.0997. The molecule has 0 saturated carbocycles. The summed E-state index contributed by atoms with van der Waals surface area (Å²) in [5.41, 5.74) is 2.59. The Morgan fingerprint density at radius 3 is 2.95 bits per heavy atom. The molecular formula is C15H19N3O3. The Labute approximate surface area is 123 Å². The quantitative estimate of drug-likeness (QED) is 0.601. The zero-order chi connectivity index (χ0) is 15.4. The molecule has 0 saturated heterocycles. The molecule has 0 aromatic carbocycles. The van der Waals surface area contributed by atoms with Crippen LogP contribution in [0.1, 0.15) is 24.0 Å². The van der Waals surface area contributed by atoms with Crippen LogP contribution in [0.3, 0.4) is 0 Å². The smallest absolute Gasteiger partial charge is 0.335 e. The standard InChI is InChI=1S/C15H19N3O3/c1-5-6-20-12(4)14(19)21-9-13-8-18-11(3)7-10(2)16-15(18)17-13/h5,7-8,12H,1,6,9H2,2-4H3. The van der Waals surface area contributed by atoms with Crippen molar-refractivity contribution in [2.45, 2.75) is 33.5 Å². The van der Waals surface area contributed by atoms with Gasteiger partial charge in [-0.15, -0.1) is 6.58 Å². The summed E-state index contributed by atoms with van der Waals surface area (Å²) in [6.45, 7) is 9.48. The number of esters is 1. The first-order valence-corrected chi connectivity index (χ1v) is 6.72. The highest BCUT2D eigenvalue weighted by Gasteiger charge is 2.15. The van der Waals surface area contributed by atoms with E-state index in [1.54, 1.807) is 13.0 Å². The molecule has 6 nitrogen and oxygen atoms in total. The number of rotatable bonds is 6. The maximum atomic E-state index is 11.7. The molecule has 0 aliphatic rings. The summed E-state index contributed by atoms with van der Waals surface area (Å²) in [4.78, 5) is 20.4. The Morgan fingerprint density at radius 1 is 1.48 bits per heavy atom. The van der Waals surface area contributed by atoms with Crippen molar-refractivity contribution in [3.05, 3.63) is 42.0 Å². The highest BCUT2D eigenvalue weighted by molar-refractivity contribution is 5.74. The molecule has 21 heavy (non-hydrogen) atoms. The first-order valence-electron chi connectivity index (χ1n) is 6.72. The van der Waals surface area contributed by atoms with Gasteiger partial charge in [0.05, 0.1) is 12.3 Å². The van der Waals surface area contributed by atoms with Crippen LogP contribution in [-0.2, 0) is 20.9 Å². The van der Waals surface area contributed by atoms with Crippen molar-refractivity contribution in [3.8, 4) is 0 Å². The van der Waals surface area contributed by atoms with Crippen LogP contribution in [0.5, 0.6) is 0 Å². The summed E-state index contributed by atoms with van der Waals surface area (Å²) in [6, 6.07) is 1.97. The first-order chi connectivity index (χ1) is 10.0. The number of nitrogens with zero attached hydrogens (tertiary/aromatic N) is 3. The van der Waals surface area contributed by atoms with Gasteiger partial charge in [-0.25, -0.2) is 14.8 Å². The number of aryl methyl sites for hydroxylation is 2. The van der Waals surface area contributed by atoms with Crippen LogP contribution in [0, 0.1) is 13.8 Å². The number of imidazole rings is 1. The molecule has 112 valence electrons. The van der Waals surface area contributed by atoms with E-state index in [9.17, 15) is 4.79 Å². The van der Waals surface area contributed by atoms with Crippen LogP contribution in [-0.4, -0.2) is 33.0 Å². The van der Waals surface area contributed by atoms with Crippen LogP contribution >= 0.6 is 0 Å². The predicted molar refractivity (Wildman–Crippen MR) is 77.9 cm³/mol. The van der Waals surface area contributed by atoms with Crippen molar-refractivity contribution in [2.24, 2.45) is 0 Å². The fourth-order valence-electron chi connectivity index (χ4n) is 1.93. The summed E-state index contributed by atoms with van der Waals surface area (Å²) < 4.78 is 12.3. The van der Waals surface area contributed by atoms with Gasteiger partial charge in [0.2, 0.25) is 5.78 Å².